The number of rotatable bonds is 13. The quantitative estimate of drug-likeness (QED) is 0.0947. The van der Waals surface area contributed by atoms with Gasteiger partial charge >= 0.3 is 0 Å². The summed E-state index contributed by atoms with van der Waals surface area (Å²) in [7, 11) is 0. The van der Waals surface area contributed by atoms with Crippen molar-refractivity contribution in [3.8, 4) is 0 Å². The van der Waals surface area contributed by atoms with Crippen LogP contribution in [0.5, 0.6) is 0 Å². The third-order valence-corrected chi connectivity index (χ3v) is 7.96. The number of unbranched alkanes of at least 4 members (excludes halogenated alkanes) is 3. The maximum Gasteiger partial charge on any atom is 0.293 e. The van der Waals surface area contributed by atoms with Crippen molar-refractivity contribution >= 4 is 63.0 Å². The number of fused-ring (bicyclic) bond motifs is 1. The number of imide groups is 1. The van der Waals surface area contributed by atoms with Crippen molar-refractivity contribution in [3.63, 3.8) is 0 Å². The lowest BCUT2D eigenvalue weighted by molar-refractivity contribution is -0.122. The van der Waals surface area contributed by atoms with Gasteiger partial charge in [-0.05, 0) is 94.0 Å². The standard InChI is InChI=1S/C31H30N6O5S/c1-2-20-10-12-21(13-11-20)18-26-30(39)37(31(40)43-26)17-6-4-3-5-16-32-29(38)22-8-7-9-23(19-22)33-24-14-15-25(34-41)28-27(24)35-42-36-28/h7-15,18-19,33H,2-6,16-17H2,1H3,(H,32,38)/b26-18-. The van der Waals surface area contributed by atoms with Gasteiger partial charge in [0.25, 0.3) is 17.1 Å². The van der Waals surface area contributed by atoms with Crippen LogP contribution in [0.25, 0.3) is 17.1 Å². The number of nitroso groups, excluding NO2 is 1. The molecule has 1 aromatic heterocycles. The van der Waals surface area contributed by atoms with E-state index in [1.54, 1.807) is 36.4 Å². The van der Waals surface area contributed by atoms with Crippen LogP contribution in [0.2, 0.25) is 0 Å². The number of thioether (sulfide) groups is 1. The van der Waals surface area contributed by atoms with Crippen LogP contribution in [0.15, 0.2) is 75.4 Å². The molecule has 220 valence electrons. The Morgan fingerprint density at radius 3 is 2.58 bits per heavy atom. The summed E-state index contributed by atoms with van der Waals surface area (Å²) in [5.74, 6) is -0.443. The van der Waals surface area contributed by atoms with Crippen LogP contribution in [0.3, 0.4) is 0 Å². The molecule has 12 heteroatoms. The number of aryl methyl sites for hydroxylation is 1. The van der Waals surface area contributed by atoms with E-state index in [0.29, 0.717) is 46.9 Å². The molecule has 1 fully saturated rings. The van der Waals surface area contributed by atoms with Crippen LogP contribution in [0.1, 0.15) is 54.1 Å². The number of nitrogens with one attached hydrogen (secondary N) is 2. The molecule has 5 rings (SSSR count). The zero-order valence-electron chi connectivity index (χ0n) is 23.5. The molecule has 1 aliphatic rings. The van der Waals surface area contributed by atoms with E-state index in [4.69, 9.17) is 4.63 Å². The number of carbonyl (C=O) groups excluding carboxylic acids is 3. The van der Waals surface area contributed by atoms with Crippen molar-refractivity contribution in [1.82, 2.24) is 20.5 Å². The van der Waals surface area contributed by atoms with Gasteiger partial charge in [0.15, 0.2) is 11.0 Å². The van der Waals surface area contributed by atoms with Gasteiger partial charge in [-0.25, -0.2) is 4.63 Å². The lowest BCUT2D eigenvalue weighted by Crippen LogP contribution is -2.29. The van der Waals surface area contributed by atoms with Crippen LogP contribution in [0, 0.1) is 4.91 Å². The summed E-state index contributed by atoms with van der Waals surface area (Å²) in [6.45, 7) is 2.97. The largest absolute Gasteiger partial charge is 0.354 e. The summed E-state index contributed by atoms with van der Waals surface area (Å²) in [4.78, 5) is 50.6. The third kappa shape index (κ3) is 7.15. The van der Waals surface area contributed by atoms with E-state index in [0.717, 1.165) is 43.0 Å². The summed E-state index contributed by atoms with van der Waals surface area (Å²) in [6, 6.07) is 18.1. The fraction of sp³-hybridized carbons (Fsp3) is 0.258. The highest BCUT2D eigenvalue weighted by atomic mass is 32.2. The Hall–Kier alpha value is -4.84. The second kappa shape index (κ2) is 13.9. The molecule has 0 atom stereocenters. The van der Waals surface area contributed by atoms with Crippen molar-refractivity contribution in [1.29, 1.82) is 0 Å². The number of aromatic nitrogens is 2. The summed E-state index contributed by atoms with van der Waals surface area (Å²) in [5.41, 5.74) is 4.56. The van der Waals surface area contributed by atoms with Gasteiger partial charge in [-0.15, -0.1) is 4.91 Å². The molecule has 43 heavy (non-hydrogen) atoms. The molecule has 0 radical (unpaired) electrons. The van der Waals surface area contributed by atoms with Crippen LogP contribution < -0.4 is 10.6 Å². The average Bonchev–Trinajstić information content (AvgIpc) is 3.62. The molecule has 3 aromatic carbocycles. The normalized spacial score (nSPS) is 14.1. The molecule has 0 saturated carbocycles. The Balaban J connectivity index is 1.03. The van der Waals surface area contributed by atoms with E-state index in [2.05, 4.69) is 33.0 Å². The topological polar surface area (TPSA) is 147 Å². The van der Waals surface area contributed by atoms with Gasteiger partial charge in [-0.1, -0.05) is 50.1 Å². The van der Waals surface area contributed by atoms with E-state index in [1.807, 2.05) is 24.3 Å². The predicted octanol–water partition coefficient (Wildman–Crippen LogP) is 6.95. The lowest BCUT2D eigenvalue weighted by Gasteiger charge is -2.12. The molecule has 0 bridgehead atoms. The number of benzene rings is 3. The van der Waals surface area contributed by atoms with Crippen LogP contribution in [-0.4, -0.2) is 45.4 Å². The van der Waals surface area contributed by atoms with Gasteiger partial charge in [0, 0.05) is 24.3 Å². The summed E-state index contributed by atoms with van der Waals surface area (Å²) in [5, 5.41) is 16.4. The number of carbonyl (C=O) groups is 3. The summed E-state index contributed by atoms with van der Waals surface area (Å²) >= 11 is 0.984. The molecule has 2 heterocycles. The molecule has 0 spiro atoms. The molecular formula is C31H30N6O5S. The van der Waals surface area contributed by atoms with Crippen LogP contribution >= 0.6 is 11.8 Å². The zero-order chi connectivity index (χ0) is 30.2. The zero-order valence-corrected chi connectivity index (χ0v) is 24.4. The lowest BCUT2D eigenvalue weighted by atomic mass is 10.1. The Morgan fingerprint density at radius 1 is 1.00 bits per heavy atom. The molecule has 1 saturated heterocycles. The third-order valence-electron chi connectivity index (χ3n) is 7.05. The maximum absolute atomic E-state index is 12.8. The highest BCUT2D eigenvalue weighted by molar-refractivity contribution is 8.18. The molecule has 2 N–H and O–H groups in total. The van der Waals surface area contributed by atoms with Gasteiger partial charge in [-0.3, -0.25) is 19.3 Å². The molecule has 3 amide bonds. The summed E-state index contributed by atoms with van der Waals surface area (Å²) in [6.07, 6.45) is 5.88. The van der Waals surface area contributed by atoms with Crippen molar-refractivity contribution in [2.75, 3.05) is 18.4 Å². The minimum atomic E-state index is -0.240. The predicted molar refractivity (Wildman–Crippen MR) is 166 cm³/mol. The molecule has 0 unspecified atom stereocenters. The average molecular weight is 599 g/mol. The Labute approximate surface area is 252 Å². The number of anilines is 2. The SMILES string of the molecule is CCc1ccc(/C=C2\SC(=O)N(CCCCCCNC(=O)c3cccc(Nc4ccc(N=O)c5nonc45)c3)C2=O)cc1. The highest BCUT2D eigenvalue weighted by Gasteiger charge is 2.34. The van der Waals surface area contributed by atoms with Gasteiger partial charge in [0.2, 0.25) is 0 Å². The first-order valence-corrected chi connectivity index (χ1v) is 14.9. The van der Waals surface area contributed by atoms with E-state index >= 15 is 0 Å². The second-order valence-corrected chi connectivity index (χ2v) is 11.0. The minimum absolute atomic E-state index is 0.127. The van der Waals surface area contributed by atoms with E-state index in [-0.39, 0.29) is 28.3 Å². The number of nitrogens with zero attached hydrogens (tertiary/aromatic N) is 4. The Morgan fingerprint density at radius 2 is 1.79 bits per heavy atom. The maximum atomic E-state index is 12.8. The van der Waals surface area contributed by atoms with Crippen molar-refractivity contribution in [2.24, 2.45) is 5.18 Å². The van der Waals surface area contributed by atoms with Gasteiger partial charge in [-0.2, -0.15) is 0 Å². The van der Waals surface area contributed by atoms with Gasteiger partial charge < -0.3 is 10.6 Å². The first kappa shape index (κ1) is 29.6. The van der Waals surface area contributed by atoms with Crippen LogP contribution in [0.4, 0.5) is 21.9 Å². The Kier molecular flexibility index (Phi) is 9.57. The number of amides is 3. The first-order chi connectivity index (χ1) is 21.0. The second-order valence-electron chi connectivity index (χ2n) is 9.99. The molecule has 11 nitrogen and oxygen atoms in total. The van der Waals surface area contributed by atoms with Gasteiger partial charge in [0.1, 0.15) is 5.69 Å². The smallest absolute Gasteiger partial charge is 0.293 e. The van der Waals surface area contributed by atoms with Crippen molar-refractivity contribution in [3.05, 3.63) is 87.2 Å². The van der Waals surface area contributed by atoms with E-state index in [9.17, 15) is 19.3 Å². The number of hydrogen-bond acceptors (Lipinski definition) is 10. The van der Waals surface area contributed by atoms with Crippen molar-refractivity contribution in [2.45, 2.75) is 39.0 Å². The number of hydrogen-bond donors (Lipinski definition) is 2. The summed E-state index contributed by atoms with van der Waals surface area (Å²) < 4.78 is 4.75. The fourth-order valence-electron chi connectivity index (χ4n) is 4.67. The molecule has 0 aliphatic carbocycles. The molecule has 4 aromatic rings. The first-order valence-electron chi connectivity index (χ1n) is 14.0. The highest BCUT2D eigenvalue weighted by Crippen LogP contribution is 2.33. The molecular weight excluding hydrogens is 568 g/mol. The van der Waals surface area contributed by atoms with E-state index in [1.165, 1.54) is 16.5 Å². The minimum Gasteiger partial charge on any atom is -0.354 e. The van der Waals surface area contributed by atoms with E-state index < -0.39 is 0 Å². The van der Waals surface area contributed by atoms with Gasteiger partial charge in [0.05, 0.1) is 10.6 Å². The van der Waals surface area contributed by atoms with Crippen molar-refractivity contribution < 1.29 is 19.0 Å². The fourth-order valence-corrected chi connectivity index (χ4v) is 5.53. The molecule has 1 aliphatic heterocycles. The van der Waals surface area contributed by atoms with Crippen LogP contribution in [-0.2, 0) is 11.2 Å². The monoisotopic (exact) mass is 598 g/mol. The Bertz CT molecular complexity index is 1680.